The van der Waals surface area contributed by atoms with Crippen LogP contribution >= 0.6 is 11.6 Å². The monoisotopic (exact) mass is 263 g/mol. The third-order valence-corrected chi connectivity index (χ3v) is 2.88. The molecule has 0 unspecified atom stereocenters. The molecule has 1 heterocycles. The van der Waals surface area contributed by atoms with Crippen molar-refractivity contribution in [1.29, 1.82) is 0 Å². The molecule has 1 aromatic carbocycles. The molecule has 0 amide bonds. The molecule has 0 spiro atoms. The fourth-order valence-electron chi connectivity index (χ4n) is 1.78. The average molecular weight is 264 g/mol. The SMILES string of the molecule is CCCc1c(N)nc(-c2cccc(Cl)c2)[nH]c1=O. The van der Waals surface area contributed by atoms with Gasteiger partial charge in [-0.2, -0.15) is 0 Å². The summed E-state index contributed by atoms with van der Waals surface area (Å²) in [6.45, 7) is 1.99. The van der Waals surface area contributed by atoms with Crippen molar-refractivity contribution in [2.75, 3.05) is 5.73 Å². The van der Waals surface area contributed by atoms with Crippen LogP contribution in [0.2, 0.25) is 5.02 Å². The van der Waals surface area contributed by atoms with Crippen LogP contribution in [0, 0.1) is 0 Å². The van der Waals surface area contributed by atoms with E-state index in [0.717, 1.165) is 12.0 Å². The molecule has 3 N–H and O–H groups in total. The molecule has 0 aliphatic rings. The molecule has 0 aliphatic heterocycles. The van der Waals surface area contributed by atoms with Crippen LogP contribution in [0.1, 0.15) is 18.9 Å². The van der Waals surface area contributed by atoms with E-state index < -0.39 is 0 Å². The summed E-state index contributed by atoms with van der Waals surface area (Å²) in [5, 5.41) is 0.589. The topological polar surface area (TPSA) is 71.8 Å². The Morgan fingerprint density at radius 1 is 1.44 bits per heavy atom. The standard InChI is InChI=1S/C13H14ClN3O/c1-2-4-10-11(15)16-12(17-13(10)18)8-5-3-6-9(14)7-8/h3,5-7H,2,4H2,1H3,(H3,15,16,17,18). The zero-order valence-corrected chi connectivity index (χ0v) is 10.8. The molecule has 0 aliphatic carbocycles. The third-order valence-electron chi connectivity index (χ3n) is 2.65. The number of nitrogen functional groups attached to an aromatic ring is 1. The smallest absolute Gasteiger partial charge is 0.256 e. The molecular formula is C13H14ClN3O. The van der Waals surface area contributed by atoms with E-state index >= 15 is 0 Å². The maximum absolute atomic E-state index is 11.9. The van der Waals surface area contributed by atoms with E-state index in [1.807, 2.05) is 13.0 Å². The molecule has 0 saturated heterocycles. The van der Waals surface area contributed by atoms with Crippen molar-refractivity contribution < 1.29 is 0 Å². The van der Waals surface area contributed by atoms with Crippen molar-refractivity contribution in [2.45, 2.75) is 19.8 Å². The molecule has 1 aromatic heterocycles. The van der Waals surface area contributed by atoms with Crippen LogP contribution in [-0.2, 0) is 6.42 Å². The maximum Gasteiger partial charge on any atom is 0.256 e. The van der Waals surface area contributed by atoms with Gasteiger partial charge in [-0.1, -0.05) is 37.1 Å². The van der Waals surface area contributed by atoms with Crippen LogP contribution < -0.4 is 11.3 Å². The van der Waals surface area contributed by atoms with E-state index in [0.29, 0.717) is 22.8 Å². The van der Waals surface area contributed by atoms with Gasteiger partial charge < -0.3 is 10.7 Å². The van der Waals surface area contributed by atoms with E-state index in [2.05, 4.69) is 9.97 Å². The zero-order chi connectivity index (χ0) is 13.1. The second-order valence-electron chi connectivity index (χ2n) is 4.04. The molecule has 0 fully saturated rings. The minimum Gasteiger partial charge on any atom is -0.383 e. The van der Waals surface area contributed by atoms with Gasteiger partial charge in [0, 0.05) is 10.6 Å². The first-order valence-corrected chi connectivity index (χ1v) is 6.14. The molecular weight excluding hydrogens is 250 g/mol. The Labute approximate surface area is 110 Å². The summed E-state index contributed by atoms with van der Waals surface area (Å²) in [6, 6.07) is 7.12. The van der Waals surface area contributed by atoms with Gasteiger partial charge in [-0.3, -0.25) is 4.79 Å². The van der Waals surface area contributed by atoms with Crippen molar-refractivity contribution in [1.82, 2.24) is 9.97 Å². The first-order valence-electron chi connectivity index (χ1n) is 5.76. The molecule has 0 saturated carbocycles. The van der Waals surface area contributed by atoms with Gasteiger partial charge >= 0.3 is 0 Å². The number of rotatable bonds is 3. The highest BCUT2D eigenvalue weighted by atomic mass is 35.5. The first kappa shape index (κ1) is 12.6. The largest absolute Gasteiger partial charge is 0.383 e. The lowest BCUT2D eigenvalue weighted by Gasteiger charge is -2.06. The lowest BCUT2D eigenvalue weighted by Crippen LogP contribution is -2.18. The van der Waals surface area contributed by atoms with Crippen molar-refractivity contribution in [2.24, 2.45) is 0 Å². The molecule has 2 rings (SSSR count). The summed E-state index contributed by atoms with van der Waals surface area (Å²) in [7, 11) is 0. The summed E-state index contributed by atoms with van der Waals surface area (Å²) in [4.78, 5) is 18.9. The van der Waals surface area contributed by atoms with E-state index in [-0.39, 0.29) is 11.4 Å². The minimum absolute atomic E-state index is 0.181. The Balaban J connectivity index is 2.51. The second kappa shape index (κ2) is 5.23. The van der Waals surface area contributed by atoms with Crippen LogP contribution in [0.25, 0.3) is 11.4 Å². The summed E-state index contributed by atoms with van der Waals surface area (Å²) < 4.78 is 0. The Bertz CT molecular complexity index is 622. The molecule has 0 atom stereocenters. The highest BCUT2D eigenvalue weighted by Gasteiger charge is 2.09. The highest BCUT2D eigenvalue weighted by Crippen LogP contribution is 2.19. The van der Waals surface area contributed by atoms with Gasteiger partial charge in [0.1, 0.15) is 11.6 Å². The zero-order valence-electron chi connectivity index (χ0n) is 10.0. The van der Waals surface area contributed by atoms with Crippen LogP contribution in [0.15, 0.2) is 29.1 Å². The van der Waals surface area contributed by atoms with E-state index in [4.69, 9.17) is 17.3 Å². The lowest BCUT2D eigenvalue weighted by molar-refractivity contribution is 0.892. The summed E-state index contributed by atoms with van der Waals surface area (Å²) in [6.07, 6.45) is 1.48. The van der Waals surface area contributed by atoms with Gasteiger partial charge in [0.2, 0.25) is 0 Å². The first-order chi connectivity index (χ1) is 8.61. The summed E-state index contributed by atoms with van der Waals surface area (Å²) in [5.41, 5.74) is 6.93. The van der Waals surface area contributed by atoms with Crippen molar-refractivity contribution in [3.05, 3.63) is 45.2 Å². The van der Waals surface area contributed by atoms with Crippen LogP contribution in [0.4, 0.5) is 5.82 Å². The van der Waals surface area contributed by atoms with Crippen molar-refractivity contribution in [3.8, 4) is 11.4 Å². The number of nitrogens with zero attached hydrogens (tertiary/aromatic N) is 1. The number of halogens is 1. The number of nitrogens with one attached hydrogen (secondary N) is 1. The number of anilines is 1. The van der Waals surface area contributed by atoms with Gasteiger partial charge in [-0.05, 0) is 18.6 Å². The predicted octanol–water partition coefficient (Wildman–Crippen LogP) is 2.62. The van der Waals surface area contributed by atoms with Gasteiger partial charge in [0.25, 0.3) is 5.56 Å². The van der Waals surface area contributed by atoms with Gasteiger partial charge in [0.15, 0.2) is 0 Å². The van der Waals surface area contributed by atoms with E-state index in [9.17, 15) is 4.79 Å². The number of benzene rings is 1. The quantitative estimate of drug-likeness (QED) is 0.894. The molecule has 94 valence electrons. The summed E-state index contributed by atoms with van der Waals surface area (Å²) >= 11 is 5.90. The number of hydrogen-bond acceptors (Lipinski definition) is 3. The van der Waals surface area contributed by atoms with Crippen molar-refractivity contribution in [3.63, 3.8) is 0 Å². The number of aromatic nitrogens is 2. The third kappa shape index (κ3) is 2.54. The van der Waals surface area contributed by atoms with E-state index in [1.165, 1.54) is 0 Å². The maximum atomic E-state index is 11.9. The molecule has 2 aromatic rings. The lowest BCUT2D eigenvalue weighted by atomic mass is 10.1. The minimum atomic E-state index is -0.181. The van der Waals surface area contributed by atoms with Gasteiger partial charge in [-0.15, -0.1) is 0 Å². The molecule has 18 heavy (non-hydrogen) atoms. The highest BCUT2D eigenvalue weighted by molar-refractivity contribution is 6.30. The normalized spacial score (nSPS) is 10.6. The van der Waals surface area contributed by atoms with Crippen LogP contribution in [-0.4, -0.2) is 9.97 Å². The van der Waals surface area contributed by atoms with Crippen LogP contribution in [0.5, 0.6) is 0 Å². The Morgan fingerprint density at radius 2 is 2.22 bits per heavy atom. The fourth-order valence-corrected chi connectivity index (χ4v) is 1.97. The predicted molar refractivity (Wildman–Crippen MR) is 73.7 cm³/mol. The Morgan fingerprint density at radius 3 is 2.83 bits per heavy atom. The van der Waals surface area contributed by atoms with Gasteiger partial charge in [-0.25, -0.2) is 4.98 Å². The molecule has 0 bridgehead atoms. The number of aromatic amines is 1. The van der Waals surface area contributed by atoms with Crippen LogP contribution in [0.3, 0.4) is 0 Å². The molecule has 4 nitrogen and oxygen atoms in total. The second-order valence-corrected chi connectivity index (χ2v) is 4.48. The summed E-state index contributed by atoms with van der Waals surface area (Å²) in [5.74, 6) is 0.732. The number of hydrogen-bond donors (Lipinski definition) is 2. The average Bonchev–Trinajstić information content (AvgIpc) is 2.33. The molecule has 0 radical (unpaired) electrons. The molecule has 5 heteroatoms. The van der Waals surface area contributed by atoms with Gasteiger partial charge in [0.05, 0.1) is 5.56 Å². The Hall–Kier alpha value is -1.81. The van der Waals surface area contributed by atoms with Crippen molar-refractivity contribution >= 4 is 17.4 Å². The van der Waals surface area contributed by atoms with E-state index in [1.54, 1.807) is 18.2 Å². The fraction of sp³-hybridized carbons (Fsp3) is 0.231. The number of nitrogens with two attached hydrogens (primary N) is 1. The Kier molecular flexibility index (Phi) is 3.67. The number of H-pyrrole nitrogens is 1.